The van der Waals surface area contributed by atoms with Gasteiger partial charge in [0.15, 0.2) is 12.4 Å². The summed E-state index contributed by atoms with van der Waals surface area (Å²) in [5, 5.41) is 4.73. The van der Waals surface area contributed by atoms with Crippen LogP contribution >= 0.6 is 0 Å². The fourth-order valence-corrected chi connectivity index (χ4v) is 11.2. The molecular formula is C35H39N2Si+. The topological polar surface area (TPSA) is 8.81 Å². The summed E-state index contributed by atoms with van der Waals surface area (Å²) in [6, 6.07) is 33.3. The van der Waals surface area contributed by atoms with Gasteiger partial charge >= 0.3 is 0 Å². The van der Waals surface area contributed by atoms with Crippen LogP contribution in [0.3, 0.4) is 0 Å². The summed E-state index contributed by atoms with van der Waals surface area (Å²) in [5.41, 5.74) is 8.03. The maximum Gasteiger partial charge on any atom is 0.169 e. The summed E-state index contributed by atoms with van der Waals surface area (Å²) >= 11 is 0. The first-order chi connectivity index (χ1) is 18.6. The zero-order valence-corrected chi connectivity index (χ0v) is 24.1. The Labute approximate surface area is 228 Å². The first-order valence-corrected chi connectivity index (χ1v) is 17.1. The summed E-state index contributed by atoms with van der Waals surface area (Å²) < 4.78 is 4.66. The molecule has 0 aliphatic carbocycles. The normalized spacial score (nSPS) is 16.1. The minimum Gasteiger partial charge on any atom is -0.309 e. The molecule has 3 heteroatoms. The molecule has 38 heavy (non-hydrogen) atoms. The molecular weight excluding hydrogens is 476 g/mol. The SMILES string of the molecule is CCCCCCCC[Si]1(C)c2ccccc2-c2c1c1ccc(-c3cc[n+](C)cc3)cc1n2-c1ccccc1. The molecule has 1 unspecified atom stereocenters. The molecule has 1 atom stereocenters. The van der Waals surface area contributed by atoms with Crippen LogP contribution in [0.25, 0.3) is 39.0 Å². The van der Waals surface area contributed by atoms with Crippen LogP contribution in [0, 0.1) is 0 Å². The van der Waals surface area contributed by atoms with Crippen LogP contribution in [-0.4, -0.2) is 12.6 Å². The first-order valence-electron chi connectivity index (χ1n) is 14.4. The van der Waals surface area contributed by atoms with Crippen LogP contribution in [0.2, 0.25) is 12.6 Å². The predicted octanol–water partition coefficient (Wildman–Crippen LogP) is 7.66. The monoisotopic (exact) mass is 515 g/mol. The van der Waals surface area contributed by atoms with E-state index in [9.17, 15) is 0 Å². The highest BCUT2D eigenvalue weighted by Crippen LogP contribution is 2.40. The Balaban J connectivity index is 1.54. The second-order valence-corrected chi connectivity index (χ2v) is 15.5. The Morgan fingerprint density at radius 2 is 1.45 bits per heavy atom. The van der Waals surface area contributed by atoms with E-state index in [1.54, 1.807) is 10.4 Å². The van der Waals surface area contributed by atoms with Crippen LogP contribution in [0.1, 0.15) is 45.4 Å². The number of pyridine rings is 1. The van der Waals surface area contributed by atoms with Gasteiger partial charge in [0, 0.05) is 23.2 Å². The fourth-order valence-electron chi connectivity index (χ4n) is 6.64. The van der Waals surface area contributed by atoms with Gasteiger partial charge in [0.05, 0.1) is 11.2 Å². The zero-order chi connectivity index (χ0) is 26.1. The van der Waals surface area contributed by atoms with Crippen molar-refractivity contribution in [3.05, 3.63) is 97.3 Å². The fraction of sp³-hybridized carbons (Fsp3) is 0.286. The second-order valence-electron chi connectivity index (χ2n) is 11.3. The molecule has 0 fully saturated rings. The van der Waals surface area contributed by atoms with E-state index in [-0.39, 0.29) is 0 Å². The number of fused-ring (bicyclic) bond motifs is 5. The van der Waals surface area contributed by atoms with E-state index in [0.29, 0.717) is 0 Å². The van der Waals surface area contributed by atoms with Gasteiger partial charge in [-0.15, -0.1) is 0 Å². The van der Waals surface area contributed by atoms with Gasteiger partial charge < -0.3 is 4.57 Å². The van der Waals surface area contributed by atoms with Crippen LogP contribution in [0.4, 0.5) is 0 Å². The number of nitrogens with zero attached hydrogens (tertiary/aromatic N) is 2. The third-order valence-electron chi connectivity index (χ3n) is 8.65. The molecule has 0 amide bonds. The third kappa shape index (κ3) is 4.23. The summed E-state index contributed by atoms with van der Waals surface area (Å²) in [6.07, 6.45) is 12.4. The minimum absolute atomic E-state index is 1.25. The molecule has 2 aromatic heterocycles. The molecule has 6 rings (SSSR count). The van der Waals surface area contributed by atoms with E-state index in [0.717, 1.165) is 0 Å². The van der Waals surface area contributed by atoms with Crippen molar-refractivity contribution in [1.82, 2.24) is 4.57 Å². The van der Waals surface area contributed by atoms with Crippen molar-refractivity contribution >= 4 is 29.4 Å². The lowest BCUT2D eigenvalue weighted by molar-refractivity contribution is -0.671. The number of hydrogen-bond donors (Lipinski definition) is 0. The lowest BCUT2D eigenvalue weighted by Gasteiger charge is -2.25. The summed E-state index contributed by atoms with van der Waals surface area (Å²) in [7, 11) is 0.173. The summed E-state index contributed by atoms with van der Waals surface area (Å²) in [6.45, 7) is 4.94. The van der Waals surface area contributed by atoms with Crippen LogP contribution in [0.5, 0.6) is 0 Å². The molecule has 1 aliphatic heterocycles. The van der Waals surface area contributed by atoms with Gasteiger partial charge in [0.25, 0.3) is 0 Å². The molecule has 0 N–H and O–H groups in total. The van der Waals surface area contributed by atoms with Gasteiger partial charge in [-0.05, 0) is 51.3 Å². The average Bonchev–Trinajstić information content (AvgIpc) is 3.42. The van der Waals surface area contributed by atoms with Gasteiger partial charge in [0.1, 0.15) is 15.1 Å². The molecule has 5 aromatic rings. The standard InChI is InChI=1S/C35H39N2Si/c1-4-5-6-7-8-14-25-38(3)33-18-13-12-17-31(33)34-35(38)30-20-19-28(27-21-23-36(2)24-22-27)26-32(30)37(34)29-15-10-9-11-16-29/h9-13,15-24,26H,4-8,14,25H2,1-3H3/q+1. The third-order valence-corrected chi connectivity index (χ3v) is 13.2. The maximum absolute atomic E-state index is 2.64. The smallest absolute Gasteiger partial charge is 0.169 e. The van der Waals surface area contributed by atoms with Crippen molar-refractivity contribution in [2.24, 2.45) is 7.05 Å². The Hall–Kier alpha value is -3.43. The molecule has 3 aromatic carbocycles. The van der Waals surface area contributed by atoms with Crippen LogP contribution in [-0.2, 0) is 7.05 Å². The van der Waals surface area contributed by atoms with E-state index < -0.39 is 8.07 Å². The lowest BCUT2D eigenvalue weighted by atomic mass is 10.1. The van der Waals surface area contributed by atoms with Gasteiger partial charge in [-0.3, -0.25) is 0 Å². The van der Waals surface area contributed by atoms with Crippen molar-refractivity contribution in [1.29, 1.82) is 0 Å². The number of hydrogen-bond acceptors (Lipinski definition) is 0. The Bertz CT molecular complexity index is 1570. The molecule has 0 bridgehead atoms. The number of rotatable bonds is 9. The van der Waals surface area contributed by atoms with E-state index in [1.807, 2.05) is 0 Å². The second kappa shape index (κ2) is 10.4. The number of aryl methyl sites for hydroxylation is 1. The van der Waals surface area contributed by atoms with Crippen molar-refractivity contribution in [3.8, 4) is 28.1 Å². The van der Waals surface area contributed by atoms with Gasteiger partial charge in [-0.25, -0.2) is 4.57 Å². The van der Waals surface area contributed by atoms with Crippen LogP contribution in [0.15, 0.2) is 97.3 Å². The van der Waals surface area contributed by atoms with Gasteiger partial charge in [-0.1, -0.05) is 107 Å². The first kappa shape index (κ1) is 24.9. The van der Waals surface area contributed by atoms with Crippen molar-refractivity contribution in [2.75, 3.05) is 0 Å². The average molecular weight is 516 g/mol. The lowest BCUT2D eigenvalue weighted by Crippen LogP contribution is -2.52. The van der Waals surface area contributed by atoms with Crippen molar-refractivity contribution in [2.45, 2.75) is 58.0 Å². The molecule has 192 valence electrons. The van der Waals surface area contributed by atoms with E-state index in [1.165, 1.54) is 83.5 Å². The molecule has 2 nitrogen and oxygen atoms in total. The summed E-state index contributed by atoms with van der Waals surface area (Å²) in [4.78, 5) is 0. The van der Waals surface area contributed by atoms with Crippen molar-refractivity contribution < 1.29 is 4.57 Å². The molecule has 0 saturated heterocycles. The number of para-hydroxylation sites is 1. The quantitative estimate of drug-likeness (QED) is 0.108. The van der Waals surface area contributed by atoms with Crippen LogP contribution < -0.4 is 14.9 Å². The minimum atomic E-state index is -1.90. The molecule has 0 spiro atoms. The molecule has 0 saturated carbocycles. The maximum atomic E-state index is 2.64. The summed E-state index contributed by atoms with van der Waals surface area (Å²) in [5.74, 6) is 0. The molecule has 3 heterocycles. The van der Waals surface area contributed by atoms with Gasteiger partial charge in [0.2, 0.25) is 0 Å². The van der Waals surface area contributed by atoms with E-state index >= 15 is 0 Å². The van der Waals surface area contributed by atoms with Crippen molar-refractivity contribution in [3.63, 3.8) is 0 Å². The predicted molar refractivity (Wildman–Crippen MR) is 164 cm³/mol. The number of aromatic nitrogens is 2. The highest BCUT2D eigenvalue weighted by Gasteiger charge is 2.44. The zero-order valence-electron chi connectivity index (χ0n) is 23.1. The van der Waals surface area contributed by atoms with E-state index in [2.05, 4.69) is 127 Å². The van der Waals surface area contributed by atoms with E-state index in [4.69, 9.17) is 0 Å². The van der Waals surface area contributed by atoms with Gasteiger partial charge in [-0.2, -0.15) is 0 Å². The highest BCUT2D eigenvalue weighted by atomic mass is 28.3. The number of benzene rings is 3. The molecule has 0 radical (unpaired) electrons. The molecule has 1 aliphatic rings. The highest BCUT2D eigenvalue weighted by molar-refractivity contribution is 7.06. The largest absolute Gasteiger partial charge is 0.309 e. The Morgan fingerprint density at radius 3 is 2.24 bits per heavy atom. The Morgan fingerprint density at radius 1 is 0.737 bits per heavy atom. The number of unbranched alkanes of at least 4 members (excludes halogenated alkanes) is 5. The Kier molecular flexibility index (Phi) is 6.80.